The van der Waals surface area contributed by atoms with Gasteiger partial charge >= 0.3 is 6.03 Å². The number of nitrogens with one attached hydrogen (secondary N) is 4. The van der Waals surface area contributed by atoms with Gasteiger partial charge < -0.3 is 16.0 Å². The van der Waals surface area contributed by atoms with Crippen molar-refractivity contribution in [3.63, 3.8) is 0 Å². The highest BCUT2D eigenvalue weighted by Gasteiger charge is 2.12. The van der Waals surface area contributed by atoms with Gasteiger partial charge in [-0.2, -0.15) is 5.10 Å². The Balaban J connectivity index is 1.60. The lowest BCUT2D eigenvalue weighted by Gasteiger charge is -2.09. The molecule has 1 heterocycles. The molecular weight excluding hydrogens is 354 g/mol. The van der Waals surface area contributed by atoms with Crippen LogP contribution in [-0.4, -0.2) is 22.1 Å². The van der Waals surface area contributed by atoms with Gasteiger partial charge in [0.05, 0.1) is 0 Å². The predicted molar refractivity (Wildman–Crippen MR) is 111 cm³/mol. The number of hydrogen-bond acceptors (Lipinski definition) is 3. The highest BCUT2D eigenvalue weighted by Crippen LogP contribution is 2.17. The normalized spacial score (nSPS) is 10.5. The fraction of sp³-hybridized carbons (Fsp3) is 0.190. The van der Waals surface area contributed by atoms with Crippen LogP contribution in [0.5, 0.6) is 0 Å². The van der Waals surface area contributed by atoms with E-state index in [4.69, 9.17) is 0 Å². The van der Waals surface area contributed by atoms with Crippen LogP contribution in [0.3, 0.4) is 0 Å². The molecule has 0 aliphatic rings. The summed E-state index contributed by atoms with van der Waals surface area (Å²) in [5.74, 6) is 0.165. The minimum absolute atomic E-state index is 0.308. The number of anilines is 3. The van der Waals surface area contributed by atoms with Crippen molar-refractivity contribution >= 4 is 29.0 Å². The number of H-pyrrole nitrogens is 1. The lowest BCUT2D eigenvalue weighted by Crippen LogP contribution is -2.19. The number of aromatic nitrogens is 2. The monoisotopic (exact) mass is 377 g/mol. The smallest absolute Gasteiger partial charge is 0.321 e. The molecule has 144 valence electrons. The van der Waals surface area contributed by atoms with E-state index in [1.54, 1.807) is 42.5 Å². The molecule has 28 heavy (non-hydrogen) atoms. The van der Waals surface area contributed by atoms with E-state index in [9.17, 15) is 9.59 Å². The van der Waals surface area contributed by atoms with Crippen molar-refractivity contribution in [2.75, 3.05) is 16.0 Å². The number of para-hydroxylation sites is 1. The summed E-state index contributed by atoms with van der Waals surface area (Å²) in [6.07, 6.45) is 0.830. The van der Waals surface area contributed by atoms with Gasteiger partial charge in [-0.25, -0.2) is 4.79 Å². The summed E-state index contributed by atoms with van der Waals surface area (Å²) in [5.41, 5.74) is 3.08. The Morgan fingerprint density at radius 1 is 0.893 bits per heavy atom. The maximum Gasteiger partial charge on any atom is 0.323 e. The Hall–Kier alpha value is -3.61. The van der Waals surface area contributed by atoms with Crippen molar-refractivity contribution in [3.05, 3.63) is 72.1 Å². The van der Waals surface area contributed by atoms with Crippen molar-refractivity contribution in [3.8, 4) is 0 Å². The molecule has 0 fully saturated rings. The van der Waals surface area contributed by atoms with E-state index in [0.717, 1.165) is 12.1 Å². The molecule has 3 amide bonds. The fourth-order valence-corrected chi connectivity index (χ4v) is 2.71. The minimum atomic E-state index is -0.361. The summed E-state index contributed by atoms with van der Waals surface area (Å²) in [4.78, 5) is 24.5. The van der Waals surface area contributed by atoms with Gasteiger partial charge in [0, 0.05) is 22.8 Å². The van der Waals surface area contributed by atoms with E-state index in [2.05, 4.69) is 40.0 Å². The number of rotatable bonds is 6. The van der Waals surface area contributed by atoms with E-state index >= 15 is 0 Å². The molecule has 0 spiro atoms. The second-order valence-corrected chi connectivity index (χ2v) is 6.86. The summed E-state index contributed by atoms with van der Waals surface area (Å²) in [6.45, 7) is 4.21. The SMILES string of the molecule is CC(C)Cc1cc(C(=O)Nc2cccc(NC(=O)Nc3ccccc3)c2)n[nH]1. The summed E-state index contributed by atoms with van der Waals surface area (Å²) >= 11 is 0. The molecule has 7 heteroatoms. The van der Waals surface area contributed by atoms with Gasteiger partial charge in [0.15, 0.2) is 5.69 Å². The number of benzene rings is 2. The van der Waals surface area contributed by atoms with Crippen molar-refractivity contribution in [2.45, 2.75) is 20.3 Å². The van der Waals surface area contributed by atoms with Gasteiger partial charge in [0.1, 0.15) is 0 Å². The maximum atomic E-state index is 12.4. The zero-order valence-corrected chi connectivity index (χ0v) is 15.8. The molecule has 3 aromatic rings. The number of hydrogen-bond donors (Lipinski definition) is 4. The molecule has 0 unspecified atom stereocenters. The average Bonchev–Trinajstić information content (AvgIpc) is 3.10. The highest BCUT2D eigenvalue weighted by molar-refractivity contribution is 6.04. The molecule has 2 aromatic carbocycles. The second kappa shape index (κ2) is 8.85. The Morgan fingerprint density at radius 2 is 1.54 bits per heavy atom. The van der Waals surface area contributed by atoms with Crippen LogP contribution in [0.1, 0.15) is 30.0 Å². The predicted octanol–water partition coefficient (Wildman–Crippen LogP) is 4.50. The first-order valence-corrected chi connectivity index (χ1v) is 9.08. The lowest BCUT2D eigenvalue weighted by molar-refractivity contribution is 0.102. The largest absolute Gasteiger partial charge is 0.323 e. The van der Waals surface area contributed by atoms with E-state index in [1.165, 1.54) is 0 Å². The molecule has 7 nitrogen and oxygen atoms in total. The van der Waals surface area contributed by atoms with Gasteiger partial charge in [-0.05, 0) is 48.7 Å². The third-order valence-corrected chi connectivity index (χ3v) is 3.90. The van der Waals surface area contributed by atoms with E-state index in [1.807, 2.05) is 18.2 Å². The number of nitrogens with zero attached hydrogens (tertiary/aromatic N) is 1. The molecule has 0 aliphatic carbocycles. The second-order valence-electron chi connectivity index (χ2n) is 6.86. The summed E-state index contributed by atoms with van der Waals surface area (Å²) in [6, 6.07) is 17.5. The fourth-order valence-electron chi connectivity index (χ4n) is 2.71. The quantitative estimate of drug-likeness (QED) is 0.509. The number of carbonyl (C=O) groups is 2. The molecule has 0 saturated heterocycles. The molecule has 0 bridgehead atoms. The maximum absolute atomic E-state index is 12.4. The van der Waals surface area contributed by atoms with Crippen LogP contribution < -0.4 is 16.0 Å². The Bertz CT molecular complexity index is 950. The van der Waals surface area contributed by atoms with Gasteiger partial charge in [0.2, 0.25) is 0 Å². The van der Waals surface area contributed by atoms with Crippen molar-refractivity contribution < 1.29 is 9.59 Å². The van der Waals surface area contributed by atoms with Crippen LogP contribution in [0.4, 0.5) is 21.9 Å². The van der Waals surface area contributed by atoms with Crippen LogP contribution in [0, 0.1) is 5.92 Å². The number of amides is 3. The third-order valence-electron chi connectivity index (χ3n) is 3.90. The topological polar surface area (TPSA) is 98.9 Å². The van der Waals surface area contributed by atoms with Crippen molar-refractivity contribution in [2.24, 2.45) is 5.92 Å². The first-order chi connectivity index (χ1) is 13.5. The summed E-state index contributed by atoms with van der Waals surface area (Å²) in [5, 5.41) is 15.2. The molecule has 0 saturated carbocycles. The van der Waals surface area contributed by atoms with Crippen LogP contribution in [-0.2, 0) is 6.42 Å². The highest BCUT2D eigenvalue weighted by atomic mass is 16.2. The molecule has 0 radical (unpaired) electrons. The Labute approximate surface area is 163 Å². The van der Waals surface area contributed by atoms with E-state index < -0.39 is 0 Å². The van der Waals surface area contributed by atoms with Crippen LogP contribution in [0.25, 0.3) is 0 Å². The average molecular weight is 377 g/mol. The van der Waals surface area contributed by atoms with Gasteiger partial charge in [-0.3, -0.25) is 9.89 Å². The van der Waals surface area contributed by atoms with Crippen LogP contribution in [0.15, 0.2) is 60.7 Å². The molecule has 3 rings (SSSR count). The molecule has 0 atom stereocenters. The third kappa shape index (κ3) is 5.44. The molecule has 1 aromatic heterocycles. The first kappa shape index (κ1) is 19.2. The summed E-state index contributed by atoms with van der Waals surface area (Å²) < 4.78 is 0. The number of aromatic amines is 1. The zero-order chi connectivity index (χ0) is 19.9. The summed E-state index contributed by atoms with van der Waals surface area (Å²) in [7, 11) is 0. The standard InChI is InChI=1S/C21H23N5O2/c1-14(2)11-18-13-19(26-25-18)20(27)22-16-9-6-10-17(12-16)24-21(28)23-15-7-4-3-5-8-15/h3-10,12-14H,11H2,1-2H3,(H,22,27)(H,25,26)(H2,23,24,28). The van der Waals surface area contributed by atoms with Crippen molar-refractivity contribution in [1.29, 1.82) is 0 Å². The molecular formula is C21H23N5O2. The Morgan fingerprint density at radius 3 is 2.25 bits per heavy atom. The van der Waals surface area contributed by atoms with Gasteiger partial charge in [-0.1, -0.05) is 38.1 Å². The van der Waals surface area contributed by atoms with E-state index in [-0.39, 0.29) is 11.9 Å². The van der Waals surface area contributed by atoms with Crippen LogP contribution >= 0.6 is 0 Å². The molecule has 4 N–H and O–H groups in total. The minimum Gasteiger partial charge on any atom is -0.321 e. The number of urea groups is 1. The Kier molecular flexibility index (Phi) is 6.06. The van der Waals surface area contributed by atoms with Crippen LogP contribution in [0.2, 0.25) is 0 Å². The van der Waals surface area contributed by atoms with Gasteiger partial charge in [0.25, 0.3) is 5.91 Å². The van der Waals surface area contributed by atoms with Crippen molar-refractivity contribution in [1.82, 2.24) is 10.2 Å². The molecule has 0 aliphatic heterocycles. The zero-order valence-electron chi connectivity index (χ0n) is 15.8. The van der Waals surface area contributed by atoms with E-state index in [0.29, 0.717) is 28.7 Å². The van der Waals surface area contributed by atoms with Gasteiger partial charge in [-0.15, -0.1) is 0 Å². The number of carbonyl (C=O) groups excluding carboxylic acids is 2. The lowest BCUT2D eigenvalue weighted by atomic mass is 10.1. The first-order valence-electron chi connectivity index (χ1n) is 9.08.